The molecule has 0 saturated heterocycles. The average Bonchev–Trinajstić information content (AvgIpc) is 3.01. The van der Waals surface area contributed by atoms with Crippen molar-refractivity contribution in [2.24, 2.45) is 17.8 Å². The molecule has 4 unspecified atom stereocenters. The lowest BCUT2D eigenvalue weighted by molar-refractivity contribution is 0.124. The van der Waals surface area contributed by atoms with Crippen molar-refractivity contribution in [3.8, 4) is 5.75 Å². The molecule has 0 radical (unpaired) electrons. The Morgan fingerprint density at radius 3 is 2.80 bits per heavy atom. The van der Waals surface area contributed by atoms with E-state index in [4.69, 9.17) is 4.74 Å². The normalized spacial score (nSPS) is 29.6. The molecular weight excluding hydrogens is 316 g/mol. The summed E-state index contributed by atoms with van der Waals surface area (Å²) >= 11 is 3.51. The molecule has 2 aliphatic rings. The predicted octanol–water partition coefficient (Wildman–Crippen LogP) is 4.19. The summed E-state index contributed by atoms with van der Waals surface area (Å²) in [5.74, 6) is 3.48. The number of fused-ring (bicyclic) bond motifs is 2. The predicted molar refractivity (Wildman–Crippen MR) is 84.0 cm³/mol. The number of ether oxygens (including phenoxy) is 1. The topological polar surface area (TPSA) is 29.5 Å². The molecule has 1 N–H and O–H groups in total. The van der Waals surface area contributed by atoms with Gasteiger partial charge in [0.05, 0.1) is 17.7 Å². The highest BCUT2D eigenvalue weighted by Crippen LogP contribution is 2.50. The van der Waals surface area contributed by atoms with Crippen LogP contribution in [0, 0.1) is 17.8 Å². The van der Waals surface area contributed by atoms with Crippen molar-refractivity contribution in [2.75, 3.05) is 7.11 Å². The maximum Gasteiger partial charge on any atom is 0.133 e. The summed E-state index contributed by atoms with van der Waals surface area (Å²) in [6, 6.07) is 6.07. The van der Waals surface area contributed by atoms with Crippen molar-refractivity contribution in [3.05, 3.63) is 28.2 Å². The molecule has 110 valence electrons. The summed E-state index contributed by atoms with van der Waals surface area (Å²) in [4.78, 5) is 0. The van der Waals surface area contributed by atoms with Gasteiger partial charge in [-0.15, -0.1) is 0 Å². The van der Waals surface area contributed by atoms with Crippen LogP contribution in [0.2, 0.25) is 0 Å². The van der Waals surface area contributed by atoms with Gasteiger partial charge < -0.3 is 9.84 Å². The zero-order chi connectivity index (χ0) is 14.1. The average molecular weight is 339 g/mol. The Labute approximate surface area is 129 Å². The van der Waals surface area contributed by atoms with Crippen molar-refractivity contribution >= 4 is 15.9 Å². The van der Waals surface area contributed by atoms with Crippen LogP contribution in [0.3, 0.4) is 0 Å². The van der Waals surface area contributed by atoms with E-state index in [1.165, 1.54) is 31.2 Å². The molecule has 2 fully saturated rings. The Hall–Kier alpha value is -0.540. The van der Waals surface area contributed by atoms with Crippen LogP contribution in [0.4, 0.5) is 0 Å². The molecule has 2 aliphatic carbocycles. The van der Waals surface area contributed by atoms with Gasteiger partial charge in [-0.05, 0) is 83.5 Å². The number of aliphatic hydroxyl groups excluding tert-OH is 1. The van der Waals surface area contributed by atoms with Gasteiger partial charge in [-0.25, -0.2) is 0 Å². The number of aliphatic hydroxyl groups is 1. The first-order valence-electron chi connectivity index (χ1n) is 7.66. The van der Waals surface area contributed by atoms with Gasteiger partial charge in [0.2, 0.25) is 0 Å². The monoisotopic (exact) mass is 338 g/mol. The number of hydrogen-bond acceptors (Lipinski definition) is 2. The van der Waals surface area contributed by atoms with Crippen molar-refractivity contribution in [1.82, 2.24) is 0 Å². The second kappa shape index (κ2) is 6.07. The second-order valence-corrected chi connectivity index (χ2v) is 7.35. The smallest absolute Gasteiger partial charge is 0.133 e. The summed E-state index contributed by atoms with van der Waals surface area (Å²) in [7, 11) is 1.67. The van der Waals surface area contributed by atoms with Crippen molar-refractivity contribution in [2.45, 2.75) is 44.6 Å². The van der Waals surface area contributed by atoms with Gasteiger partial charge in [0.1, 0.15) is 5.75 Å². The minimum Gasteiger partial charge on any atom is -0.496 e. The molecule has 2 bridgehead atoms. The Balaban J connectivity index is 1.56. The lowest BCUT2D eigenvalue weighted by Crippen LogP contribution is -2.20. The Morgan fingerprint density at radius 2 is 2.20 bits per heavy atom. The second-order valence-electron chi connectivity index (χ2n) is 6.50. The zero-order valence-electron chi connectivity index (χ0n) is 12.0. The molecule has 4 atom stereocenters. The van der Waals surface area contributed by atoms with E-state index in [0.717, 1.165) is 40.8 Å². The molecule has 20 heavy (non-hydrogen) atoms. The zero-order valence-corrected chi connectivity index (χ0v) is 13.6. The van der Waals surface area contributed by atoms with Gasteiger partial charge in [-0.2, -0.15) is 0 Å². The highest BCUT2D eigenvalue weighted by molar-refractivity contribution is 9.10. The Bertz CT molecular complexity index is 474. The Morgan fingerprint density at radius 1 is 1.35 bits per heavy atom. The third kappa shape index (κ3) is 3.04. The van der Waals surface area contributed by atoms with Crippen molar-refractivity contribution < 1.29 is 9.84 Å². The number of methoxy groups -OCH3 is 1. The molecule has 2 saturated carbocycles. The van der Waals surface area contributed by atoms with Crippen LogP contribution in [-0.4, -0.2) is 18.3 Å². The summed E-state index contributed by atoms with van der Waals surface area (Å²) in [5, 5.41) is 10.4. The highest BCUT2D eigenvalue weighted by atomic mass is 79.9. The molecule has 0 aliphatic heterocycles. The quantitative estimate of drug-likeness (QED) is 0.872. The van der Waals surface area contributed by atoms with Crippen molar-refractivity contribution in [1.29, 1.82) is 0 Å². The van der Waals surface area contributed by atoms with E-state index >= 15 is 0 Å². The fraction of sp³-hybridized carbons (Fsp3) is 0.647. The molecule has 0 aromatic heterocycles. The fourth-order valence-corrected chi connectivity index (χ4v) is 4.79. The van der Waals surface area contributed by atoms with E-state index in [2.05, 4.69) is 22.0 Å². The highest BCUT2D eigenvalue weighted by Gasteiger charge is 2.39. The van der Waals surface area contributed by atoms with E-state index in [1.807, 2.05) is 12.1 Å². The third-order valence-corrected chi connectivity index (χ3v) is 5.77. The van der Waals surface area contributed by atoms with E-state index in [1.54, 1.807) is 7.11 Å². The van der Waals surface area contributed by atoms with E-state index < -0.39 is 0 Å². The van der Waals surface area contributed by atoms with E-state index in [9.17, 15) is 5.11 Å². The fourth-order valence-electron chi connectivity index (χ4n) is 4.21. The minimum atomic E-state index is -0.209. The van der Waals surface area contributed by atoms with Gasteiger partial charge in [-0.3, -0.25) is 0 Å². The molecule has 1 aromatic carbocycles. The lowest BCUT2D eigenvalue weighted by atomic mass is 9.84. The summed E-state index contributed by atoms with van der Waals surface area (Å²) in [6.45, 7) is 0. The first kappa shape index (κ1) is 14.4. The summed E-state index contributed by atoms with van der Waals surface area (Å²) in [5.41, 5.74) is 1.17. The van der Waals surface area contributed by atoms with Crippen LogP contribution in [0.5, 0.6) is 5.75 Å². The van der Waals surface area contributed by atoms with Gasteiger partial charge in [0.25, 0.3) is 0 Å². The SMILES string of the molecule is COc1ccc(CC(O)CC2CC3CCC2C3)cc1Br. The summed E-state index contributed by atoms with van der Waals surface area (Å²) in [6.07, 6.45) is 7.12. The maximum absolute atomic E-state index is 10.4. The third-order valence-electron chi connectivity index (χ3n) is 5.15. The standard InChI is InChI=1S/C17H23BrO2/c1-20-17-5-3-12(9-16(17)18)8-15(19)10-14-7-11-2-4-13(14)6-11/h3,5,9,11,13-15,19H,2,4,6-8,10H2,1H3. The molecule has 3 rings (SSSR count). The van der Waals surface area contributed by atoms with Crippen LogP contribution < -0.4 is 4.74 Å². The number of halogens is 1. The van der Waals surface area contributed by atoms with Crippen LogP contribution in [0.1, 0.15) is 37.7 Å². The maximum atomic E-state index is 10.4. The molecule has 0 amide bonds. The van der Waals surface area contributed by atoms with Crippen LogP contribution in [-0.2, 0) is 6.42 Å². The van der Waals surface area contributed by atoms with Crippen LogP contribution >= 0.6 is 15.9 Å². The molecule has 1 aromatic rings. The van der Waals surface area contributed by atoms with Crippen LogP contribution in [0.25, 0.3) is 0 Å². The molecule has 2 nitrogen and oxygen atoms in total. The lowest BCUT2D eigenvalue weighted by Gasteiger charge is -2.24. The largest absolute Gasteiger partial charge is 0.496 e. The number of rotatable bonds is 5. The number of hydrogen-bond donors (Lipinski definition) is 1. The van der Waals surface area contributed by atoms with Gasteiger partial charge in [0.15, 0.2) is 0 Å². The van der Waals surface area contributed by atoms with Crippen molar-refractivity contribution in [3.63, 3.8) is 0 Å². The first-order chi connectivity index (χ1) is 9.65. The molecule has 0 spiro atoms. The number of benzene rings is 1. The molecular formula is C17H23BrO2. The van der Waals surface area contributed by atoms with Gasteiger partial charge in [0, 0.05) is 0 Å². The van der Waals surface area contributed by atoms with Gasteiger partial charge in [-0.1, -0.05) is 12.5 Å². The Kier molecular flexibility index (Phi) is 4.37. The van der Waals surface area contributed by atoms with E-state index in [0.29, 0.717) is 0 Å². The van der Waals surface area contributed by atoms with Gasteiger partial charge >= 0.3 is 0 Å². The molecule has 0 heterocycles. The minimum absolute atomic E-state index is 0.209. The van der Waals surface area contributed by atoms with E-state index in [-0.39, 0.29) is 6.10 Å². The first-order valence-corrected chi connectivity index (χ1v) is 8.45. The summed E-state index contributed by atoms with van der Waals surface area (Å²) < 4.78 is 6.20. The van der Waals surface area contributed by atoms with Crippen LogP contribution in [0.15, 0.2) is 22.7 Å². The molecule has 3 heteroatoms.